The summed E-state index contributed by atoms with van der Waals surface area (Å²) in [6, 6.07) is 19.9. The van der Waals surface area contributed by atoms with Crippen molar-refractivity contribution in [3.8, 4) is 11.1 Å². The van der Waals surface area contributed by atoms with E-state index in [-0.39, 0.29) is 17.8 Å². The van der Waals surface area contributed by atoms with Crippen LogP contribution in [0.2, 0.25) is 0 Å². The van der Waals surface area contributed by atoms with E-state index in [1.165, 1.54) is 7.11 Å². The van der Waals surface area contributed by atoms with Crippen molar-refractivity contribution < 1.29 is 38.0 Å². The van der Waals surface area contributed by atoms with Crippen molar-refractivity contribution in [1.82, 2.24) is 5.32 Å². The van der Waals surface area contributed by atoms with Crippen LogP contribution in [0.25, 0.3) is 21.9 Å². The maximum absolute atomic E-state index is 13.0. The predicted molar refractivity (Wildman–Crippen MR) is 170 cm³/mol. The number of amides is 1. The monoisotopic (exact) mass is 610 g/mol. The summed E-state index contributed by atoms with van der Waals surface area (Å²) >= 11 is 0. The Hall–Kier alpha value is -3.38. The van der Waals surface area contributed by atoms with Gasteiger partial charge in [-0.25, -0.2) is 0 Å². The molecule has 0 heterocycles. The summed E-state index contributed by atoms with van der Waals surface area (Å²) in [4.78, 5) is 24.7. The van der Waals surface area contributed by atoms with E-state index in [4.69, 9.17) is 34.2 Å². The van der Waals surface area contributed by atoms with Crippen LogP contribution in [-0.4, -0.2) is 98.1 Å². The van der Waals surface area contributed by atoms with Gasteiger partial charge in [0.05, 0.1) is 79.6 Å². The third-order valence-electron chi connectivity index (χ3n) is 6.94. The largest absolute Gasteiger partial charge is 0.469 e. The van der Waals surface area contributed by atoms with E-state index in [1.807, 2.05) is 55.5 Å². The average molecular weight is 611 g/mol. The van der Waals surface area contributed by atoms with Crippen LogP contribution >= 0.6 is 0 Å². The number of esters is 1. The van der Waals surface area contributed by atoms with Crippen molar-refractivity contribution in [2.45, 2.75) is 19.3 Å². The van der Waals surface area contributed by atoms with Crippen LogP contribution in [0.1, 0.15) is 35.2 Å². The summed E-state index contributed by atoms with van der Waals surface area (Å²) < 4.78 is 32.0. The van der Waals surface area contributed by atoms with Gasteiger partial charge in [0, 0.05) is 18.7 Å². The van der Waals surface area contributed by atoms with Crippen LogP contribution in [0.15, 0.2) is 60.7 Å². The van der Waals surface area contributed by atoms with Gasteiger partial charge in [-0.3, -0.25) is 9.59 Å². The molecule has 0 bridgehead atoms. The lowest BCUT2D eigenvalue weighted by atomic mass is 9.92. The molecule has 3 aromatic carbocycles. The first-order valence-electron chi connectivity index (χ1n) is 15.1. The summed E-state index contributed by atoms with van der Waals surface area (Å²) in [7, 11) is 1.40. The second-order valence-electron chi connectivity index (χ2n) is 10.1. The number of rotatable bonds is 22. The maximum Gasteiger partial charge on any atom is 0.306 e. The zero-order chi connectivity index (χ0) is 31.4. The Bertz CT molecular complexity index is 1270. The number of hydrogen-bond donors (Lipinski definition) is 2. The molecule has 0 fully saturated rings. The highest BCUT2D eigenvalue weighted by Gasteiger charge is 2.15. The molecular formula is C34H46N2O8. The molecular weight excluding hydrogens is 564 g/mol. The highest BCUT2D eigenvalue weighted by molar-refractivity contribution is 6.10. The van der Waals surface area contributed by atoms with Crippen molar-refractivity contribution in [2.24, 2.45) is 5.73 Å². The Balaban J connectivity index is 1.36. The molecule has 0 spiro atoms. The Labute approximate surface area is 260 Å². The summed E-state index contributed by atoms with van der Waals surface area (Å²) in [5.41, 5.74) is 9.10. The third-order valence-corrected chi connectivity index (χ3v) is 6.94. The molecule has 0 aliphatic heterocycles. The molecule has 240 valence electrons. The molecule has 1 atom stereocenters. The number of carbonyl (C=O) groups is 2. The van der Waals surface area contributed by atoms with E-state index in [0.717, 1.165) is 27.5 Å². The summed E-state index contributed by atoms with van der Waals surface area (Å²) in [5.74, 6) is -0.312. The molecule has 0 saturated carbocycles. The molecule has 0 radical (unpaired) electrons. The Morgan fingerprint density at radius 1 is 0.705 bits per heavy atom. The molecule has 0 aliphatic rings. The first kappa shape index (κ1) is 35.1. The lowest BCUT2D eigenvalue weighted by molar-refractivity contribution is -0.140. The predicted octanol–water partition coefficient (Wildman–Crippen LogP) is 3.94. The van der Waals surface area contributed by atoms with Crippen LogP contribution in [0, 0.1) is 0 Å². The van der Waals surface area contributed by atoms with Gasteiger partial charge in [0.1, 0.15) is 0 Å². The number of ether oxygens (including phenoxy) is 6. The van der Waals surface area contributed by atoms with Crippen molar-refractivity contribution in [3.05, 3.63) is 71.8 Å². The molecule has 3 aromatic rings. The van der Waals surface area contributed by atoms with Gasteiger partial charge in [-0.1, -0.05) is 61.5 Å². The number of benzene rings is 3. The highest BCUT2D eigenvalue weighted by atomic mass is 16.6. The number of nitrogens with one attached hydrogen (secondary N) is 1. The Morgan fingerprint density at radius 3 is 1.82 bits per heavy atom. The van der Waals surface area contributed by atoms with Gasteiger partial charge in [0.25, 0.3) is 5.91 Å². The van der Waals surface area contributed by atoms with E-state index in [1.54, 1.807) is 0 Å². The molecule has 10 nitrogen and oxygen atoms in total. The summed E-state index contributed by atoms with van der Waals surface area (Å²) in [6.45, 7) is 7.74. The van der Waals surface area contributed by atoms with Gasteiger partial charge >= 0.3 is 5.97 Å². The van der Waals surface area contributed by atoms with Crippen molar-refractivity contribution in [3.63, 3.8) is 0 Å². The van der Waals surface area contributed by atoms with Crippen LogP contribution in [0.4, 0.5) is 0 Å². The first-order valence-corrected chi connectivity index (χ1v) is 15.1. The fourth-order valence-corrected chi connectivity index (χ4v) is 4.59. The smallest absolute Gasteiger partial charge is 0.306 e. The van der Waals surface area contributed by atoms with E-state index in [9.17, 15) is 9.59 Å². The lowest BCUT2D eigenvalue weighted by Crippen LogP contribution is -2.27. The summed E-state index contributed by atoms with van der Waals surface area (Å²) in [5, 5.41) is 4.83. The van der Waals surface area contributed by atoms with Gasteiger partial charge in [-0.15, -0.1) is 0 Å². The number of nitrogens with two attached hydrogens (primary N) is 1. The molecule has 0 aliphatic carbocycles. The quantitative estimate of drug-likeness (QED) is 0.128. The third kappa shape index (κ3) is 12.0. The van der Waals surface area contributed by atoms with Gasteiger partial charge in [0.15, 0.2) is 0 Å². The minimum Gasteiger partial charge on any atom is -0.469 e. The Kier molecular flexibility index (Phi) is 16.4. The number of hydrogen-bond acceptors (Lipinski definition) is 9. The second kappa shape index (κ2) is 20.6. The highest BCUT2D eigenvalue weighted by Crippen LogP contribution is 2.32. The number of carbonyl (C=O) groups excluding carboxylic acids is 2. The van der Waals surface area contributed by atoms with Crippen molar-refractivity contribution in [1.29, 1.82) is 0 Å². The standard InChI is InChI=1S/C34H46N2O8/c1-26(25-33(37)39-2)27-7-9-28(10-8-27)29-11-12-32(31-6-4-3-5-30(29)31)34(38)36-14-16-41-18-20-43-22-24-44-23-21-42-19-17-40-15-13-35/h3-12,26H,13-25,35H2,1-2H3,(H,36,38). The zero-order valence-corrected chi connectivity index (χ0v) is 25.9. The average Bonchev–Trinajstić information content (AvgIpc) is 3.05. The van der Waals surface area contributed by atoms with Crippen LogP contribution in [0.5, 0.6) is 0 Å². The van der Waals surface area contributed by atoms with Crippen molar-refractivity contribution in [2.75, 3.05) is 86.3 Å². The zero-order valence-electron chi connectivity index (χ0n) is 25.9. The van der Waals surface area contributed by atoms with Gasteiger partial charge < -0.3 is 39.5 Å². The molecule has 44 heavy (non-hydrogen) atoms. The van der Waals surface area contributed by atoms with Crippen LogP contribution in [0.3, 0.4) is 0 Å². The minimum atomic E-state index is -0.223. The maximum atomic E-state index is 13.0. The Morgan fingerprint density at radius 2 is 1.25 bits per heavy atom. The second-order valence-corrected chi connectivity index (χ2v) is 10.1. The van der Waals surface area contributed by atoms with E-state index >= 15 is 0 Å². The molecule has 1 amide bonds. The van der Waals surface area contributed by atoms with Gasteiger partial charge in [-0.2, -0.15) is 0 Å². The fourth-order valence-electron chi connectivity index (χ4n) is 4.59. The molecule has 3 rings (SSSR count). The molecule has 10 heteroatoms. The van der Waals surface area contributed by atoms with E-state index < -0.39 is 0 Å². The molecule has 3 N–H and O–H groups in total. The summed E-state index contributed by atoms with van der Waals surface area (Å²) in [6.07, 6.45) is 0.335. The number of fused-ring (bicyclic) bond motifs is 1. The molecule has 0 saturated heterocycles. The van der Waals surface area contributed by atoms with Crippen molar-refractivity contribution >= 4 is 22.6 Å². The lowest BCUT2D eigenvalue weighted by Gasteiger charge is -2.14. The van der Waals surface area contributed by atoms with Gasteiger partial charge in [-0.05, 0) is 39.4 Å². The first-order chi connectivity index (χ1) is 21.5. The normalized spacial score (nSPS) is 11.9. The fraction of sp³-hybridized carbons (Fsp3) is 0.471. The topological polar surface area (TPSA) is 128 Å². The van der Waals surface area contributed by atoms with Crippen LogP contribution < -0.4 is 11.1 Å². The van der Waals surface area contributed by atoms with Crippen LogP contribution in [-0.2, 0) is 33.2 Å². The molecule has 0 aromatic heterocycles. The number of methoxy groups -OCH3 is 1. The van der Waals surface area contributed by atoms with Gasteiger partial charge in [0.2, 0.25) is 0 Å². The SMILES string of the molecule is COC(=O)CC(C)c1ccc(-c2ccc(C(=O)NCCOCCOCCOCCOCCOCCN)c3ccccc23)cc1. The van der Waals surface area contributed by atoms with E-state index in [0.29, 0.717) is 91.1 Å². The van der Waals surface area contributed by atoms with E-state index in [2.05, 4.69) is 17.4 Å². The molecule has 1 unspecified atom stereocenters. The minimum absolute atomic E-state index is 0.0601.